The summed E-state index contributed by atoms with van der Waals surface area (Å²) in [4.78, 5) is 32.6. The molecule has 2 unspecified atom stereocenters. The number of hydrogen-bond acceptors (Lipinski definition) is 6. The zero-order chi connectivity index (χ0) is 32.1. The van der Waals surface area contributed by atoms with Gasteiger partial charge in [0.2, 0.25) is 5.91 Å². The third-order valence-electron chi connectivity index (χ3n) is 11.5. The Morgan fingerprint density at radius 1 is 1.02 bits per heavy atom. The summed E-state index contributed by atoms with van der Waals surface area (Å²) in [5.74, 6) is 0.814. The Labute approximate surface area is 270 Å². The number of methoxy groups -OCH3 is 1. The molecule has 2 aromatic carbocycles. The molecule has 244 valence electrons. The maximum atomic E-state index is 14.8. The molecule has 11 heteroatoms. The summed E-state index contributed by atoms with van der Waals surface area (Å²) >= 11 is 0. The van der Waals surface area contributed by atoms with Gasteiger partial charge in [-0.25, -0.2) is 4.72 Å². The number of carbonyl (C=O) groups is 2. The quantitative estimate of drug-likeness (QED) is 0.429. The first-order chi connectivity index (χ1) is 22.0. The lowest BCUT2D eigenvalue weighted by Crippen LogP contribution is -2.70. The van der Waals surface area contributed by atoms with Gasteiger partial charge < -0.3 is 19.1 Å². The lowest BCUT2D eigenvalue weighted by molar-refractivity contribution is -0.159. The molecule has 1 aromatic heterocycles. The van der Waals surface area contributed by atoms with Crippen LogP contribution in [0.15, 0.2) is 36.4 Å². The van der Waals surface area contributed by atoms with E-state index in [0.29, 0.717) is 12.5 Å². The Bertz CT molecular complexity index is 1870. The fraction of sp³-hybridized carbons (Fsp3) is 0.543. The highest BCUT2D eigenvalue weighted by atomic mass is 32.2. The van der Waals surface area contributed by atoms with E-state index < -0.39 is 21.5 Å². The molecule has 3 aliphatic heterocycles. The van der Waals surface area contributed by atoms with Gasteiger partial charge in [-0.1, -0.05) is 25.3 Å². The monoisotopic (exact) mass is 645 g/mol. The molecule has 2 saturated heterocycles. The number of aromatic nitrogens is 1. The fourth-order valence-corrected chi connectivity index (χ4v) is 9.63. The molecule has 4 heterocycles. The molecule has 2 saturated carbocycles. The Hall–Kier alpha value is -3.41. The lowest BCUT2D eigenvalue weighted by atomic mass is 9.81. The molecule has 8 rings (SSSR count). The second-order valence-electron chi connectivity index (χ2n) is 14.5. The van der Waals surface area contributed by atoms with Gasteiger partial charge in [-0.2, -0.15) is 12.7 Å². The number of amides is 2. The van der Waals surface area contributed by atoms with Crippen molar-refractivity contribution >= 4 is 32.9 Å². The first-order valence-corrected chi connectivity index (χ1v) is 18.1. The molecule has 1 N–H and O–H groups in total. The van der Waals surface area contributed by atoms with E-state index in [1.807, 2.05) is 18.2 Å². The van der Waals surface area contributed by atoms with Crippen LogP contribution in [0.5, 0.6) is 5.75 Å². The van der Waals surface area contributed by atoms with Crippen LogP contribution in [-0.4, -0.2) is 92.3 Å². The fourth-order valence-electron chi connectivity index (χ4n) is 9.10. The first-order valence-electron chi connectivity index (χ1n) is 16.6. The van der Waals surface area contributed by atoms with Crippen LogP contribution in [-0.2, 0) is 21.5 Å². The third-order valence-corrected chi connectivity index (χ3v) is 12.9. The topological polar surface area (TPSA) is 104 Å². The second kappa shape index (κ2) is 10.6. The summed E-state index contributed by atoms with van der Waals surface area (Å²) in [6.45, 7) is 2.34. The van der Waals surface area contributed by atoms with Crippen LogP contribution in [0.2, 0.25) is 0 Å². The van der Waals surface area contributed by atoms with Crippen molar-refractivity contribution in [1.82, 2.24) is 23.4 Å². The van der Waals surface area contributed by atoms with Crippen LogP contribution >= 0.6 is 0 Å². The molecule has 4 fully saturated rings. The van der Waals surface area contributed by atoms with Gasteiger partial charge in [-0.15, -0.1) is 0 Å². The standard InChI is InChI=1S/C35H43N5O5S/c1-37(2)46(43,44)36-33(41)22-10-12-27-30(14-22)39-20-35(34(42)40-23-15-24(40)19-38(3)18-23)17-29(35)28-16-25(45-4)11-13-26(28)32(39)31(27)21-8-6-5-7-9-21/h10-14,16,21,23-24,29H,5-9,15,17-20H2,1-4H3,(H,36,41)/t23-,24+,29?,35?. The first kappa shape index (κ1) is 30.0. The van der Waals surface area contributed by atoms with Gasteiger partial charge in [0, 0.05) is 73.8 Å². The summed E-state index contributed by atoms with van der Waals surface area (Å²) in [6, 6.07) is 12.4. The van der Waals surface area contributed by atoms with E-state index in [-0.39, 0.29) is 29.5 Å². The van der Waals surface area contributed by atoms with Gasteiger partial charge in [-0.05, 0) is 80.1 Å². The van der Waals surface area contributed by atoms with Crippen LogP contribution in [0, 0.1) is 5.41 Å². The molecule has 2 aliphatic carbocycles. The predicted molar refractivity (Wildman–Crippen MR) is 176 cm³/mol. The highest BCUT2D eigenvalue weighted by Gasteiger charge is 2.66. The van der Waals surface area contributed by atoms with Crippen LogP contribution in [0.25, 0.3) is 22.2 Å². The number of fused-ring (bicyclic) bond motifs is 9. The van der Waals surface area contributed by atoms with Crippen LogP contribution in [0.1, 0.15) is 78.3 Å². The zero-order valence-corrected chi connectivity index (χ0v) is 27.9. The van der Waals surface area contributed by atoms with Crippen molar-refractivity contribution in [3.05, 3.63) is 53.1 Å². The predicted octanol–water partition coefficient (Wildman–Crippen LogP) is 4.30. The van der Waals surface area contributed by atoms with Crippen molar-refractivity contribution in [3.8, 4) is 17.0 Å². The van der Waals surface area contributed by atoms with Crippen LogP contribution in [0.3, 0.4) is 0 Å². The molecular weight excluding hydrogens is 602 g/mol. The number of piperidine rings is 1. The summed E-state index contributed by atoms with van der Waals surface area (Å²) < 4.78 is 36.3. The molecule has 2 bridgehead atoms. The van der Waals surface area contributed by atoms with Crippen molar-refractivity contribution in [2.75, 3.05) is 41.3 Å². The molecule has 10 nitrogen and oxygen atoms in total. The number of likely N-dealkylation sites (tertiary alicyclic amines) is 2. The minimum atomic E-state index is -3.96. The third kappa shape index (κ3) is 4.45. The molecule has 5 aliphatic rings. The van der Waals surface area contributed by atoms with Crippen molar-refractivity contribution in [2.45, 2.75) is 75.4 Å². The SMILES string of the molecule is COc1ccc2c(c1)C1CC1(C(=O)N1[C@@H]3C[C@H]1CN(C)C3)Cn1c-2c(C2CCCCC2)c2ccc(C(=O)NS(=O)(=O)N(C)C)cc21. The highest BCUT2D eigenvalue weighted by Crippen LogP contribution is 2.67. The normalized spacial score (nSPS) is 27.3. The van der Waals surface area contributed by atoms with Gasteiger partial charge in [0.05, 0.1) is 18.2 Å². The number of piperazine rings is 1. The maximum Gasteiger partial charge on any atom is 0.303 e. The number of ether oxygens (including phenoxy) is 1. The Kier molecular flexibility index (Phi) is 6.87. The summed E-state index contributed by atoms with van der Waals surface area (Å²) in [5, 5.41) is 1.08. The van der Waals surface area contributed by atoms with Crippen molar-refractivity contribution in [2.24, 2.45) is 5.41 Å². The van der Waals surface area contributed by atoms with E-state index in [0.717, 1.165) is 71.0 Å². The summed E-state index contributed by atoms with van der Waals surface area (Å²) in [7, 11) is 2.65. The number of carbonyl (C=O) groups excluding carboxylic acids is 2. The average Bonchev–Trinajstić information content (AvgIpc) is 3.71. The van der Waals surface area contributed by atoms with Crippen molar-refractivity contribution < 1.29 is 22.7 Å². The van der Waals surface area contributed by atoms with Crippen LogP contribution < -0.4 is 9.46 Å². The molecule has 3 aromatic rings. The van der Waals surface area contributed by atoms with Gasteiger partial charge in [0.1, 0.15) is 5.75 Å². The number of likely N-dealkylation sites (N-methyl/N-ethyl adjacent to an activating group) is 1. The van der Waals surface area contributed by atoms with Gasteiger partial charge in [0.15, 0.2) is 0 Å². The smallest absolute Gasteiger partial charge is 0.303 e. The molecule has 2 amide bonds. The zero-order valence-electron chi connectivity index (χ0n) is 27.1. The molecular formula is C35H43N5O5S. The van der Waals surface area contributed by atoms with E-state index >= 15 is 0 Å². The molecule has 0 radical (unpaired) electrons. The van der Waals surface area contributed by atoms with E-state index in [1.165, 1.54) is 44.5 Å². The van der Waals surface area contributed by atoms with Crippen molar-refractivity contribution in [1.29, 1.82) is 0 Å². The summed E-state index contributed by atoms with van der Waals surface area (Å²) in [5.41, 5.74) is 5.32. The Morgan fingerprint density at radius 3 is 2.46 bits per heavy atom. The lowest BCUT2D eigenvalue weighted by Gasteiger charge is -2.56. The van der Waals surface area contributed by atoms with E-state index in [4.69, 9.17) is 4.74 Å². The minimum Gasteiger partial charge on any atom is -0.497 e. The Morgan fingerprint density at radius 2 is 1.76 bits per heavy atom. The largest absolute Gasteiger partial charge is 0.497 e. The number of nitrogens with zero attached hydrogens (tertiary/aromatic N) is 4. The second-order valence-corrected chi connectivity index (χ2v) is 16.4. The van der Waals surface area contributed by atoms with E-state index in [1.54, 1.807) is 13.2 Å². The minimum absolute atomic E-state index is 0.0787. The van der Waals surface area contributed by atoms with Crippen LogP contribution in [0.4, 0.5) is 0 Å². The Balaban J connectivity index is 1.32. The number of nitrogens with one attached hydrogen (secondary N) is 1. The number of rotatable bonds is 6. The average molecular weight is 646 g/mol. The highest BCUT2D eigenvalue weighted by molar-refractivity contribution is 7.87. The van der Waals surface area contributed by atoms with Gasteiger partial charge >= 0.3 is 10.2 Å². The molecule has 4 atom stereocenters. The van der Waals surface area contributed by atoms with E-state index in [2.05, 4.69) is 38.3 Å². The maximum absolute atomic E-state index is 14.8. The molecule has 46 heavy (non-hydrogen) atoms. The number of hydrogen-bond donors (Lipinski definition) is 1. The van der Waals surface area contributed by atoms with E-state index in [9.17, 15) is 18.0 Å². The van der Waals surface area contributed by atoms with Gasteiger partial charge in [-0.3, -0.25) is 9.59 Å². The summed E-state index contributed by atoms with van der Waals surface area (Å²) in [6.07, 6.45) is 7.61. The van der Waals surface area contributed by atoms with Gasteiger partial charge in [0.25, 0.3) is 5.91 Å². The number of benzene rings is 2. The van der Waals surface area contributed by atoms with Crippen molar-refractivity contribution in [3.63, 3.8) is 0 Å². The molecule has 0 spiro atoms.